The maximum Gasteiger partial charge on any atom is 0.416 e. The third-order valence-corrected chi connectivity index (χ3v) is 3.68. The minimum absolute atomic E-state index is 0.192. The molecule has 0 saturated heterocycles. The molecule has 0 radical (unpaired) electrons. The lowest BCUT2D eigenvalue weighted by atomic mass is 10.0. The lowest BCUT2D eigenvalue weighted by molar-refractivity contribution is -0.137. The molecule has 0 unspecified atom stereocenters. The Bertz CT molecular complexity index is 767. The van der Waals surface area contributed by atoms with Crippen LogP contribution in [-0.2, 0) is 15.8 Å². The van der Waals surface area contributed by atoms with Crippen molar-refractivity contribution in [2.45, 2.75) is 32.4 Å². The second-order valence-corrected chi connectivity index (χ2v) is 6.12. The van der Waals surface area contributed by atoms with Crippen molar-refractivity contribution in [3.63, 3.8) is 0 Å². The highest BCUT2D eigenvalue weighted by Crippen LogP contribution is 2.29. The number of hydrogen-bond donors (Lipinski definition) is 2. The predicted octanol–water partition coefficient (Wildman–Crippen LogP) is 4.80. The molecule has 0 aromatic heterocycles. The second-order valence-electron chi connectivity index (χ2n) is 6.12. The molecule has 0 atom stereocenters. The summed E-state index contributed by atoms with van der Waals surface area (Å²) in [5.41, 5.74) is 1.08. The summed E-state index contributed by atoms with van der Waals surface area (Å²) >= 11 is 0. The van der Waals surface area contributed by atoms with Gasteiger partial charge in [0.15, 0.2) is 0 Å². The van der Waals surface area contributed by atoms with Crippen LogP contribution < -0.4 is 10.6 Å². The zero-order chi connectivity index (χ0) is 19.3. The normalized spacial score (nSPS) is 11.3. The number of carbonyl (C=O) groups excluding carboxylic acids is 2. The van der Waals surface area contributed by atoms with E-state index in [1.165, 1.54) is 0 Å². The van der Waals surface area contributed by atoms with Gasteiger partial charge in [0.2, 0.25) is 11.8 Å². The summed E-state index contributed by atoms with van der Waals surface area (Å²) in [6, 6.07) is 11.3. The fourth-order valence-electron chi connectivity index (χ4n) is 2.25. The highest BCUT2D eigenvalue weighted by molar-refractivity contribution is 6.08. The van der Waals surface area contributed by atoms with Gasteiger partial charge in [-0.05, 0) is 47.9 Å². The topological polar surface area (TPSA) is 58.2 Å². The van der Waals surface area contributed by atoms with Crippen LogP contribution in [0.4, 0.5) is 24.5 Å². The molecular formula is C19H19F3N2O2. The van der Waals surface area contributed by atoms with E-state index in [9.17, 15) is 22.8 Å². The number of alkyl halides is 3. The minimum Gasteiger partial charge on any atom is -0.326 e. The average Bonchev–Trinajstić information content (AvgIpc) is 2.54. The van der Waals surface area contributed by atoms with Crippen LogP contribution in [0.1, 0.15) is 37.3 Å². The van der Waals surface area contributed by atoms with Crippen molar-refractivity contribution >= 4 is 23.2 Å². The van der Waals surface area contributed by atoms with Crippen LogP contribution in [-0.4, -0.2) is 11.8 Å². The Labute approximate surface area is 149 Å². The fourth-order valence-corrected chi connectivity index (χ4v) is 2.25. The first kappa shape index (κ1) is 19.5. The third kappa shape index (κ3) is 5.61. The van der Waals surface area contributed by atoms with E-state index in [-0.39, 0.29) is 5.69 Å². The van der Waals surface area contributed by atoms with Crippen molar-refractivity contribution in [2.24, 2.45) is 0 Å². The van der Waals surface area contributed by atoms with Gasteiger partial charge in [-0.1, -0.05) is 26.0 Å². The highest BCUT2D eigenvalue weighted by Gasteiger charge is 2.30. The predicted molar refractivity (Wildman–Crippen MR) is 93.9 cm³/mol. The quantitative estimate of drug-likeness (QED) is 0.749. The Morgan fingerprint density at radius 3 is 1.65 bits per heavy atom. The summed E-state index contributed by atoms with van der Waals surface area (Å²) in [6.07, 6.45) is -4.87. The van der Waals surface area contributed by atoms with Gasteiger partial charge in [0.1, 0.15) is 6.42 Å². The van der Waals surface area contributed by atoms with E-state index in [0.717, 1.165) is 29.8 Å². The van der Waals surface area contributed by atoms with Crippen molar-refractivity contribution < 1.29 is 22.8 Å². The summed E-state index contributed by atoms with van der Waals surface area (Å²) in [7, 11) is 0. The molecule has 138 valence electrons. The van der Waals surface area contributed by atoms with E-state index in [1.807, 2.05) is 12.1 Å². The monoisotopic (exact) mass is 364 g/mol. The standard InChI is InChI=1S/C19H19F3N2O2/c1-12(2)13-3-7-15(8-4-13)23-17(25)11-18(26)24-16-9-5-14(6-10-16)19(20,21)22/h3-10,12H,11H2,1-2H3,(H,23,25)(H,24,26). The van der Waals surface area contributed by atoms with E-state index in [2.05, 4.69) is 24.5 Å². The van der Waals surface area contributed by atoms with Gasteiger partial charge >= 0.3 is 6.18 Å². The molecule has 4 nitrogen and oxygen atoms in total. The minimum atomic E-state index is -4.44. The number of halogens is 3. The summed E-state index contributed by atoms with van der Waals surface area (Å²) < 4.78 is 37.5. The molecule has 2 N–H and O–H groups in total. The van der Waals surface area contributed by atoms with Crippen LogP contribution in [0, 0.1) is 0 Å². The maximum atomic E-state index is 12.5. The number of anilines is 2. The molecule has 2 rings (SSSR count). The van der Waals surface area contributed by atoms with Crippen LogP contribution in [0.2, 0.25) is 0 Å². The number of rotatable bonds is 5. The van der Waals surface area contributed by atoms with Gasteiger partial charge in [-0.15, -0.1) is 0 Å². The summed E-state index contributed by atoms with van der Waals surface area (Å²) in [5.74, 6) is -0.748. The summed E-state index contributed by atoms with van der Waals surface area (Å²) in [5, 5.41) is 5.00. The smallest absolute Gasteiger partial charge is 0.326 e. The maximum absolute atomic E-state index is 12.5. The van der Waals surface area contributed by atoms with Gasteiger partial charge in [-0.3, -0.25) is 9.59 Å². The van der Waals surface area contributed by atoms with Crippen LogP contribution in [0.3, 0.4) is 0 Å². The third-order valence-electron chi connectivity index (χ3n) is 3.68. The van der Waals surface area contributed by atoms with Crippen molar-refractivity contribution in [2.75, 3.05) is 10.6 Å². The van der Waals surface area contributed by atoms with Gasteiger partial charge in [0.05, 0.1) is 5.56 Å². The number of carbonyl (C=O) groups is 2. The average molecular weight is 364 g/mol. The summed E-state index contributed by atoms with van der Waals surface area (Å²) in [4.78, 5) is 23.7. The Balaban J connectivity index is 1.88. The molecule has 0 aliphatic heterocycles. The Kier molecular flexibility index (Phi) is 6.02. The number of amides is 2. The second kappa shape index (κ2) is 8.03. The van der Waals surface area contributed by atoms with E-state index < -0.39 is 30.0 Å². The molecule has 7 heteroatoms. The van der Waals surface area contributed by atoms with Crippen molar-refractivity contribution in [3.8, 4) is 0 Å². The molecule has 0 bridgehead atoms. The van der Waals surface area contributed by atoms with Crippen molar-refractivity contribution in [3.05, 3.63) is 59.7 Å². The Morgan fingerprint density at radius 2 is 1.27 bits per heavy atom. The molecule has 2 aromatic carbocycles. The van der Waals surface area contributed by atoms with E-state index in [1.54, 1.807) is 12.1 Å². The summed E-state index contributed by atoms with van der Waals surface area (Å²) in [6.45, 7) is 4.11. The van der Waals surface area contributed by atoms with Gasteiger partial charge in [0.25, 0.3) is 0 Å². The van der Waals surface area contributed by atoms with Gasteiger partial charge < -0.3 is 10.6 Å². The molecule has 2 aromatic rings. The van der Waals surface area contributed by atoms with Crippen LogP contribution >= 0.6 is 0 Å². The number of nitrogens with one attached hydrogen (secondary N) is 2. The molecule has 0 saturated carbocycles. The zero-order valence-corrected chi connectivity index (χ0v) is 14.4. The first-order chi connectivity index (χ1) is 12.1. The molecule has 0 aliphatic rings. The molecule has 0 spiro atoms. The number of benzene rings is 2. The molecule has 2 amide bonds. The van der Waals surface area contributed by atoms with E-state index in [0.29, 0.717) is 11.6 Å². The Morgan fingerprint density at radius 1 is 0.846 bits per heavy atom. The lowest BCUT2D eigenvalue weighted by Crippen LogP contribution is -2.21. The SMILES string of the molecule is CC(C)c1ccc(NC(=O)CC(=O)Nc2ccc(C(F)(F)F)cc2)cc1. The van der Waals surface area contributed by atoms with Gasteiger partial charge in [-0.25, -0.2) is 0 Å². The molecule has 0 aliphatic carbocycles. The Hall–Kier alpha value is -2.83. The van der Waals surface area contributed by atoms with E-state index in [4.69, 9.17) is 0 Å². The van der Waals surface area contributed by atoms with Gasteiger partial charge in [-0.2, -0.15) is 13.2 Å². The van der Waals surface area contributed by atoms with Crippen LogP contribution in [0.5, 0.6) is 0 Å². The first-order valence-corrected chi connectivity index (χ1v) is 8.02. The van der Waals surface area contributed by atoms with E-state index >= 15 is 0 Å². The zero-order valence-electron chi connectivity index (χ0n) is 14.4. The molecular weight excluding hydrogens is 345 g/mol. The van der Waals surface area contributed by atoms with Gasteiger partial charge in [0, 0.05) is 11.4 Å². The largest absolute Gasteiger partial charge is 0.416 e. The lowest BCUT2D eigenvalue weighted by Gasteiger charge is -2.10. The number of hydrogen-bond acceptors (Lipinski definition) is 2. The molecule has 26 heavy (non-hydrogen) atoms. The van der Waals surface area contributed by atoms with Crippen molar-refractivity contribution in [1.29, 1.82) is 0 Å². The molecule has 0 fully saturated rings. The fraction of sp³-hybridized carbons (Fsp3) is 0.263. The van der Waals surface area contributed by atoms with Crippen LogP contribution in [0.15, 0.2) is 48.5 Å². The highest BCUT2D eigenvalue weighted by atomic mass is 19.4. The first-order valence-electron chi connectivity index (χ1n) is 8.02. The van der Waals surface area contributed by atoms with Crippen molar-refractivity contribution in [1.82, 2.24) is 0 Å². The van der Waals surface area contributed by atoms with Crippen LogP contribution in [0.25, 0.3) is 0 Å². The molecule has 0 heterocycles.